The van der Waals surface area contributed by atoms with E-state index in [2.05, 4.69) is 36.8 Å². The van der Waals surface area contributed by atoms with Gasteiger partial charge in [0, 0.05) is 31.9 Å². The minimum absolute atomic E-state index is 0.194. The van der Waals surface area contributed by atoms with E-state index in [4.69, 9.17) is 9.84 Å². The summed E-state index contributed by atoms with van der Waals surface area (Å²) < 4.78 is 6.21. The molecule has 0 bridgehead atoms. The van der Waals surface area contributed by atoms with Crippen LogP contribution in [0.1, 0.15) is 5.56 Å². The van der Waals surface area contributed by atoms with Crippen molar-refractivity contribution in [1.29, 1.82) is 0 Å². The molecule has 2 aliphatic heterocycles. The molecule has 0 unspecified atom stereocenters. The molecule has 12 heteroatoms. The van der Waals surface area contributed by atoms with E-state index in [1.165, 1.54) is 0 Å². The van der Waals surface area contributed by atoms with Gasteiger partial charge in [0.1, 0.15) is 12.3 Å². The Kier molecular flexibility index (Phi) is 8.37. The number of rotatable bonds is 7. The normalized spacial score (nSPS) is 17.2. The van der Waals surface area contributed by atoms with Gasteiger partial charge in [-0.3, -0.25) is 19.3 Å². The van der Waals surface area contributed by atoms with Crippen molar-refractivity contribution in [2.45, 2.75) is 0 Å². The van der Waals surface area contributed by atoms with Gasteiger partial charge in [0.25, 0.3) is 11.1 Å². The van der Waals surface area contributed by atoms with E-state index in [1.807, 2.05) is 30.3 Å². The van der Waals surface area contributed by atoms with Crippen LogP contribution in [0.4, 0.5) is 10.5 Å². The first-order chi connectivity index (χ1) is 17.2. The number of carboxylic acids is 1. The Labute approximate surface area is 228 Å². The molecule has 0 saturated carbocycles. The van der Waals surface area contributed by atoms with Gasteiger partial charge in [-0.2, -0.15) is 0 Å². The van der Waals surface area contributed by atoms with Crippen molar-refractivity contribution in [3.05, 3.63) is 61.9 Å². The molecule has 0 aliphatic carbocycles. The van der Waals surface area contributed by atoms with E-state index in [-0.39, 0.29) is 17.4 Å². The quantitative estimate of drug-likeness (QED) is 0.453. The van der Waals surface area contributed by atoms with Crippen LogP contribution in [0.15, 0.2) is 56.3 Å². The summed E-state index contributed by atoms with van der Waals surface area (Å²) in [6.45, 7) is 1.56. The average Bonchev–Trinajstić information content (AvgIpc) is 3.11. The summed E-state index contributed by atoms with van der Waals surface area (Å²) in [4.78, 5) is 54.1. The van der Waals surface area contributed by atoms with Crippen LogP contribution in [0.3, 0.4) is 0 Å². The van der Waals surface area contributed by atoms with Crippen molar-refractivity contribution >= 4 is 78.4 Å². The summed E-state index contributed by atoms with van der Waals surface area (Å²) in [6.07, 6.45) is 1.55. The Bertz CT molecular complexity index is 1210. The third kappa shape index (κ3) is 6.11. The molecule has 2 saturated heterocycles. The van der Waals surface area contributed by atoms with E-state index in [0.29, 0.717) is 46.4 Å². The highest BCUT2D eigenvalue weighted by Crippen LogP contribution is 2.37. The number of imide groups is 1. The highest BCUT2D eigenvalue weighted by molar-refractivity contribution is 9.11. The van der Waals surface area contributed by atoms with Crippen molar-refractivity contribution in [2.24, 2.45) is 0 Å². The zero-order valence-electron chi connectivity index (χ0n) is 18.9. The van der Waals surface area contributed by atoms with E-state index >= 15 is 0 Å². The number of thioether (sulfide) groups is 1. The van der Waals surface area contributed by atoms with Crippen LogP contribution in [0.25, 0.3) is 6.08 Å². The minimum atomic E-state index is -1.11. The molecule has 2 aliphatic rings. The van der Waals surface area contributed by atoms with Gasteiger partial charge in [0.15, 0.2) is 6.61 Å². The number of carboxylic acid groups (broad SMARTS) is 1. The number of piperazine rings is 1. The molecule has 1 N–H and O–H groups in total. The number of carbonyl (C=O) groups excluding carboxylic acids is 3. The number of anilines is 1. The maximum Gasteiger partial charge on any atom is 0.341 e. The SMILES string of the molecule is O=C(O)COc1c(Br)cc(/C=C2/SC(=O)N(CC(=O)N3CCN(c4ccccc4)CC3)C2=O)cc1Br. The highest BCUT2D eigenvalue weighted by Gasteiger charge is 2.37. The summed E-state index contributed by atoms with van der Waals surface area (Å²) in [5, 5.41) is 8.32. The predicted molar refractivity (Wildman–Crippen MR) is 143 cm³/mol. The van der Waals surface area contributed by atoms with Gasteiger partial charge in [0.05, 0.1) is 13.9 Å². The summed E-state index contributed by atoms with van der Waals surface area (Å²) in [5.74, 6) is -1.60. The largest absolute Gasteiger partial charge is 0.480 e. The van der Waals surface area contributed by atoms with Crippen LogP contribution in [-0.2, 0) is 14.4 Å². The molecular formula is C24H21Br2N3O6S. The van der Waals surface area contributed by atoms with Crippen LogP contribution in [-0.4, -0.2) is 77.3 Å². The smallest absolute Gasteiger partial charge is 0.341 e. The number of para-hydroxylation sites is 1. The van der Waals surface area contributed by atoms with Gasteiger partial charge in [0.2, 0.25) is 5.91 Å². The molecule has 0 spiro atoms. The molecule has 4 rings (SSSR count). The first-order valence-electron chi connectivity index (χ1n) is 10.9. The molecule has 3 amide bonds. The van der Waals surface area contributed by atoms with Gasteiger partial charge in [-0.15, -0.1) is 0 Å². The lowest BCUT2D eigenvalue weighted by molar-refractivity contribution is -0.139. The standard InChI is InChI=1S/C24H21Br2N3O6S/c25-17-10-15(11-18(26)22(17)35-14-21(31)32)12-19-23(33)29(24(34)36-19)13-20(30)28-8-6-27(7-9-28)16-4-2-1-3-5-16/h1-5,10-12H,6-9,13-14H2,(H,31,32)/b19-12+. The lowest BCUT2D eigenvalue weighted by Crippen LogP contribution is -2.51. The molecular weight excluding hydrogens is 618 g/mol. The van der Waals surface area contributed by atoms with E-state index in [0.717, 1.165) is 22.3 Å². The fraction of sp³-hybridized carbons (Fsp3) is 0.250. The Morgan fingerprint density at radius 2 is 1.67 bits per heavy atom. The Balaban J connectivity index is 1.38. The molecule has 0 aromatic heterocycles. The maximum absolute atomic E-state index is 12.9. The van der Waals surface area contributed by atoms with Crippen LogP contribution >= 0.6 is 43.6 Å². The summed E-state index contributed by atoms with van der Waals surface area (Å²) >= 11 is 7.44. The number of aliphatic carboxylic acids is 1. The number of benzene rings is 2. The van der Waals surface area contributed by atoms with Crippen molar-refractivity contribution in [2.75, 3.05) is 44.2 Å². The lowest BCUT2D eigenvalue weighted by atomic mass is 10.2. The molecule has 2 fully saturated rings. The molecule has 0 radical (unpaired) electrons. The minimum Gasteiger partial charge on any atom is -0.480 e. The number of ether oxygens (including phenoxy) is 1. The van der Waals surface area contributed by atoms with Crippen LogP contribution < -0.4 is 9.64 Å². The van der Waals surface area contributed by atoms with Gasteiger partial charge < -0.3 is 19.6 Å². The first kappa shape index (κ1) is 26.2. The summed E-state index contributed by atoms with van der Waals surface area (Å²) in [7, 11) is 0. The lowest BCUT2D eigenvalue weighted by Gasteiger charge is -2.36. The Morgan fingerprint density at radius 1 is 1.03 bits per heavy atom. The summed E-state index contributed by atoms with van der Waals surface area (Å²) in [6, 6.07) is 13.2. The van der Waals surface area contributed by atoms with Crippen molar-refractivity contribution < 1.29 is 29.0 Å². The number of halogens is 2. The van der Waals surface area contributed by atoms with Gasteiger partial charge in [-0.25, -0.2) is 4.79 Å². The second kappa shape index (κ2) is 11.5. The van der Waals surface area contributed by atoms with E-state index in [9.17, 15) is 19.2 Å². The third-order valence-electron chi connectivity index (χ3n) is 5.58. The van der Waals surface area contributed by atoms with Gasteiger partial charge in [-0.1, -0.05) is 18.2 Å². The fourth-order valence-electron chi connectivity index (χ4n) is 3.81. The maximum atomic E-state index is 12.9. The average molecular weight is 639 g/mol. The number of carbonyl (C=O) groups is 4. The predicted octanol–water partition coefficient (Wildman–Crippen LogP) is 4.06. The Hall–Kier alpha value is -2.83. The number of hydrogen-bond donors (Lipinski definition) is 1. The first-order valence-corrected chi connectivity index (χ1v) is 13.3. The number of nitrogens with zero attached hydrogens (tertiary/aromatic N) is 3. The van der Waals surface area contributed by atoms with Crippen molar-refractivity contribution in [3.8, 4) is 5.75 Å². The third-order valence-corrected chi connectivity index (χ3v) is 7.66. The van der Waals surface area contributed by atoms with Crippen LogP contribution in [0.5, 0.6) is 5.75 Å². The van der Waals surface area contributed by atoms with Crippen LogP contribution in [0.2, 0.25) is 0 Å². The molecule has 36 heavy (non-hydrogen) atoms. The highest BCUT2D eigenvalue weighted by atomic mass is 79.9. The second-order valence-corrected chi connectivity index (χ2v) is 10.7. The topological polar surface area (TPSA) is 107 Å². The molecule has 188 valence electrons. The van der Waals surface area contributed by atoms with Crippen molar-refractivity contribution in [3.63, 3.8) is 0 Å². The Morgan fingerprint density at radius 3 is 2.28 bits per heavy atom. The zero-order valence-corrected chi connectivity index (χ0v) is 22.8. The van der Waals surface area contributed by atoms with Crippen molar-refractivity contribution in [1.82, 2.24) is 9.80 Å². The molecule has 9 nitrogen and oxygen atoms in total. The molecule has 2 heterocycles. The van der Waals surface area contributed by atoms with E-state index in [1.54, 1.807) is 23.1 Å². The second-order valence-electron chi connectivity index (χ2n) is 7.97. The van der Waals surface area contributed by atoms with E-state index < -0.39 is 23.7 Å². The number of hydrogen-bond acceptors (Lipinski definition) is 7. The number of amides is 3. The van der Waals surface area contributed by atoms with Crippen LogP contribution in [0, 0.1) is 0 Å². The monoisotopic (exact) mass is 637 g/mol. The molecule has 2 aromatic carbocycles. The molecule has 0 atom stereocenters. The molecule has 2 aromatic rings. The fourth-order valence-corrected chi connectivity index (χ4v) is 6.10. The summed E-state index contributed by atoms with van der Waals surface area (Å²) in [5.41, 5.74) is 1.69. The zero-order chi connectivity index (χ0) is 25.8. The van der Waals surface area contributed by atoms with Gasteiger partial charge in [-0.05, 0) is 79.5 Å². The van der Waals surface area contributed by atoms with Gasteiger partial charge >= 0.3 is 5.97 Å².